The number of rotatable bonds is 4. The SMILES string of the molecule is [N-]=[N+]=Nc1cccc(-c2nc(-c3ccccc3)c(-c3ccccc3)s2)c1. The zero-order valence-corrected chi connectivity index (χ0v) is 14.6. The third kappa shape index (κ3) is 3.22. The van der Waals surface area contributed by atoms with Crippen molar-refractivity contribution in [3.05, 3.63) is 95.4 Å². The van der Waals surface area contributed by atoms with Gasteiger partial charge in [0, 0.05) is 21.7 Å². The highest BCUT2D eigenvalue weighted by atomic mass is 32.1. The van der Waals surface area contributed by atoms with Crippen LogP contribution in [0.4, 0.5) is 5.69 Å². The van der Waals surface area contributed by atoms with Crippen LogP contribution in [0.1, 0.15) is 0 Å². The van der Waals surface area contributed by atoms with E-state index < -0.39 is 0 Å². The Labute approximate surface area is 155 Å². The van der Waals surface area contributed by atoms with Gasteiger partial charge in [0.05, 0.1) is 10.6 Å². The van der Waals surface area contributed by atoms with Crippen molar-refractivity contribution in [1.82, 2.24) is 4.98 Å². The fraction of sp³-hybridized carbons (Fsp3) is 0. The normalized spacial score (nSPS) is 10.3. The molecule has 1 heterocycles. The molecule has 0 atom stereocenters. The molecule has 0 fully saturated rings. The van der Waals surface area contributed by atoms with Gasteiger partial charge in [-0.3, -0.25) is 0 Å². The first-order chi connectivity index (χ1) is 12.8. The van der Waals surface area contributed by atoms with Gasteiger partial charge in [0.2, 0.25) is 0 Å². The highest BCUT2D eigenvalue weighted by Crippen LogP contribution is 2.40. The van der Waals surface area contributed by atoms with Gasteiger partial charge in [0.15, 0.2) is 0 Å². The Morgan fingerprint density at radius 2 is 1.42 bits per heavy atom. The first-order valence-electron chi connectivity index (χ1n) is 8.12. The Kier molecular flexibility index (Phi) is 4.48. The summed E-state index contributed by atoms with van der Waals surface area (Å²) in [7, 11) is 0. The van der Waals surface area contributed by atoms with Gasteiger partial charge < -0.3 is 0 Å². The zero-order valence-electron chi connectivity index (χ0n) is 13.8. The third-order valence-corrected chi connectivity index (χ3v) is 5.12. The van der Waals surface area contributed by atoms with Gasteiger partial charge in [-0.2, -0.15) is 0 Å². The highest BCUT2D eigenvalue weighted by molar-refractivity contribution is 7.19. The van der Waals surface area contributed by atoms with E-state index in [2.05, 4.69) is 34.3 Å². The van der Waals surface area contributed by atoms with Crippen LogP contribution in [0.15, 0.2) is 90.0 Å². The average molecular weight is 354 g/mol. The molecule has 0 aliphatic rings. The van der Waals surface area contributed by atoms with E-state index in [4.69, 9.17) is 10.5 Å². The number of aromatic nitrogens is 1. The molecule has 4 rings (SSSR count). The van der Waals surface area contributed by atoms with Gasteiger partial charge in [-0.25, -0.2) is 4.98 Å². The molecule has 0 saturated heterocycles. The summed E-state index contributed by atoms with van der Waals surface area (Å²) in [6.07, 6.45) is 0. The number of nitrogens with zero attached hydrogens (tertiary/aromatic N) is 4. The molecule has 0 aliphatic heterocycles. The number of hydrogen-bond acceptors (Lipinski definition) is 3. The molecule has 124 valence electrons. The molecule has 0 radical (unpaired) electrons. The van der Waals surface area contributed by atoms with E-state index in [0.717, 1.165) is 32.3 Å². The summed E-state index contributed by atoms with van der Waals surface area (Å²) in [4.78, 5) is 8.90. The van der Waals surface area contributed by atoms with Gasteiger partial charge >= 0.3 is 0 Å². The second-order valence-corrected chi connectivity index (χ2v) is 6.67. The lowest BCUT2D eigenvalue weighted by molar-refractivity contribution is 1.39. The van der Waals surface area contributed by atoms with E-state index in [9.17, 15) is 0 Å². The fourth-order valence-electron chi connectivity index (χ4n) is 2.77. The maximum atomic E-state index is 8.67. The lowest BCUT2D eigenvalue weighted by atomic mass is 10.1. The first kappa shape index (κ1) is 16.1. The lowest BCUT2D eigenvalue weighted by Gasteiger charge is -2.02. The zero-order chi connectivity index (χ0) is 17.8. The maximum absolute atomic E-state index is 8.67. The third-order valence-electron chi connectivity index (χ3n) is 3.96. The van der Waals surface area contributed by atoms with Crippen LogP contribution in [0.2, 0.25) is 0 Å². The molecular weight excluding hydrogens is 340 g/mol. The summed E-state index contributed by atoms with van der Waals surface area (Å²) in [6, 6.07) is 28.0. The predicted molar refractivity (Wildman–Crippen MR) is 107 cm³/mol. The summed E-state index contributed by atoms with van der Waals surface area (Å²) in [6.45, 7) is 0. The molecule has 0 spiro atoms. The van der Waals surface area contributed by atoms with Crippen molar-refractivity contribution >= 4 is 17.0 Å². The van der Waals surface area contributed by atoms with E-state index in [1.54, 1.807) is 17.4 Å². The van der Waals surface area contributed by atoms with Crippen LogP contribution in [-0.4, -0.2) is 4.98 Å². The molecule has 1 aromatic heterocycles. The second kappa shape index (κ2) is 7.23. The quantitative estimate of drug-likeness (QED) is 0.219. The van der Waals surface area contributed by atoms with Crippen LogP contribution in [-0.2, 0) is 0 Å². The summed E-state index contributed by atoms with van der Waals surface area (Å²) in [5, 5.41) is 4.60. The minimum absolute atomic E-state index is 0.586. The highest BCUT2D eigenvalue weighted by Gasteiger charge is 2.15. The van der Waals surface area contributed by atoms with Gasteiger partial charge in [-0.15, -0.1) is 11.3 Å². The second-order valence-electron chi connectivity index (χ2n) is 5.67. The summed E-state index contributed by atoms with van der Waals surface area (Å²) < 4.78 is 0. The molecule has 4 aromatic rings. The standard InChI is InChI=1S/C21H14N4S/c22-25-24-18-13-7-12-17(14-18)21-23-19(15-8-3-1-4-9-15)20(26-21)16-10-5-2-6-11-16/h1-14H. The number of azide groups is 1. The number of thiazole rings is 1. The van der Waals surface area contributed by atoms with E-state index in [-0.39, 0.29) is 0 Å². The predicted octanol–water partition coefficient (Wildman–Crippen LogP) is 7.09. The molecule has 3 aromatic carbocycles. The Hall–Kier alpha value is -3.40. The van der Waals surface area contributed by atoms with Crippen LogP contribution < -0.4 is 0 Å². The fourth-order valence-corrected chi connectivity index (χ4v) is 3.86. The van der Waals surface area contributed by atoms with Crippen LogP contribution in [0.3, 0.4) is 0 Å². The van der Waals surface area contributed by atoms with Crippen molar-refractivity contribution < 1.29 is 0 Å². The largest absolute Gasteiger partial charge is 0.235 e. The van der Waals surface area contributed by atoms with E-state index in [1.165, 1.54) is 0 Å². The van der Waals surface area contributed by atoms with Crippen LogP contribution >= 0.6 is 11.3 Å². The van der Waals surface area contributed by atoms with Crippen molar-refractivity contribution in [3.63, 3.8) is 0 Å². The van der Waals surface area contributed by atoms with Gasteiger partial charge in [-0.05, 0) is 17.2 Å². The molecule has 0 N–H and O–H groups in total. The summed E-state index contributed by atoms with van der Waals surface area (Å²) in [5.41, 5.74) is 13.4. The van der Waals surface area contributed by atoms with E-state index >= 15 is 0 Å². The molecular formula is C21H14N4S. The van der Waals surface area contributed by atoms with E-state index in [1.807, 2.05) is 54.6 Å². The minimum atomic E-state index is 0.586. The summed E-state index contributed by atoms with van der Waals surface area (Å²) >= 11 is 1.64. The number of hydrogen-bond donors (Lipinski definition) is 0. The smallest absolute Gasteiger partial charge is 0.124 e. The maximum Gasteiger partial charge on any atom is 0.124 e. The molecule has 5 heteroatoms. The van der Waals surface area contributed by atoms with Gasteiger partial charge in [-0.1, -0.05) is 84.0 Å². The Morgan fingerprint density at radius 3 is 2.12 bits per heavy atom. The Morgan fingerprint density at radius 1 is 0.769 bits per heavy atom. The van der Waals surface area contributed by atoms with Crippen molar-refractivity contribution in [2.45, 2.75) is 0 Å². The molecule has 4 nitrogen and oxygen atoms in total. The molecule has 0 bridgehead atoms. The Balaban J connectivity index is 1.89. The van der Waals surface area contributed by atoms with Crippen LogP contribution in [0, 0.1) is 0 Å². The number of benzene rings is 3. The summed E-state index contributed by atoms with van der Waals surface area (Å²) in [5.74, 6) is 0. The monoisotopic (exact) mass is 354 g/mol. The van der Waals surface area contributed by atoms with E-state index in [0.29, 0.717) is 5.69 Å². The molecule has 0 saturated carbocycles. The molecule has 0 aliphatic carbocycles. The Bertz CT molecular complexity index is 1020. The van der Waals surface area contributed by atoms with Crippen LogP contribution in [0.5, 0.6) is 0 Å². The topological polar surface area (TPSA) is 61.7 Å². The molecule has 26 heavy (non-hydrogen) atoms. The van der Waals surface area contributed by atoms with Crippen LogP contribution in [0.25, 0.3) is 42.7 Å². The molecule has 0 amide bonds. The van der Waals surface area contributed by atoms with Gasteiger partial charge in [0.1, 0.15) is 5.01 Å². The lowest BCUT2D eigenvalue weighted by Crippen LogP contribution is -1.82. The average Bonchev–Trinajstić information content (AvgIpc) is 3.15. The van der Waals surface area contributed by atoms with Crippen molar-refractivity contribution in [3.8, 4) is 32.3 Å². The van der Waals surface area contributed by atoms with Crippen molar-refractivity contribution in [2.75, 3.05) is 0 Å². The first-order valence-corrected chi connectivity index (χ1v) is 8.94. The van der Waals surface area contributed by atoms with Crippen molar-refractivity contribution in [1.29, 1.82) is 0 Å². The molecule has 0 unspecified atom stereocenters. The van der Waals surface area contributed by atoms with Crippen molar-refractivity contribution in [2.24, 2.45) is 5.11 Å². The van der Waals surface area contributed by atoms with Gasteiger partial charge in [0.25, 0.3) is 0 Å². The minimum Gasteiger partial charge on any atom is -0.235 e.